The van der Waals surface area contributed by atoms with Crippen molar-refractivity contribution in [3.8, 4) is 0 Å². The number of carbonyl (C=O) groups is 1. The lowest BCUT2D eigenvalue weighted by molar-refractivity contribution is -0.134. The fourth-order valence-electron chi connectivity index (χ4n) is 1.13. The third-order valence-corrected chi connectivity index (χ3v) is 2.13. The highest BCUT2D eigenvalue weighted by atomic mass is 35.5. The first kappa shape index (κ1) is 9.86. The number of esters is 1. The molecule has 2 rings (SSSR count). The van der Waals surface area contributed by atoms with Gasteiger partial charge in [0.2, 0.25) is 0 Å². The number of hydrogen-bond donors (Lipinski definition) is 2. The van der Waals surface area contributed by atoms with E-state index in [0.717, 1.165) is 5.69 Å². The third kappa shape index (κ3) is 2.63. The second-order valence-electron chi connectivity index (χ2n) is 3.03. The van der Waals surface area contributed by atoms with Gasteiger partial charge >= 0.3 is 5.97 Å². The van der Waals surface area contributed by atoms with Gasteiger partial charge in [-0.05, 0) is 24.3 Å². The number of halogens is 1. The van der Waals surface area contributed by atoms with Crippen molar-refractivity contribution in [2.75, 3.05) is 12.0 Å². The number of anilines is 1. The van der Waals surface area contributed by atoms with Crippen molar-refractivity contribution >= 4 is 23.3 Å². The van der Waals surface area contributed by atoms with E-state index in [4.69, 9.17) is 16.3 Å². The first-order valence-corrected chi connectivity index (χ1v) is 4.77. The van der Waals surface area contributed by atoms with Crippen LogP contribution >= 0.6 is 11.6 Å². The fourth-order valence-corrected chi connectivity index (χ4v) is 1.26. The normalized spacial score (nSPS) is 14.5. The monoisotopic (exact) mass is 224 g/mol. The zero-order valence-electron chi connectivity index (χ0n) is 7.79. The van der Waals surface area contributed by atoms with Crippen LogP contribution in [0.4, 0.5) is 5.69 Å². The van der Waals surface area contributed by atoms with E-state index in [1.54, 1.807) is 12.1 Å². The summed E-state index contributed by atoms with van der Waals surface area (Å²) >= 11 is 5.73. The van der Waals surface area contributed by atoms with Crippen molar-refractivity contribution in [3.05, 3.63) is 41.1 Å². The van der Waals surface area contributed by atoms with Crippen LogP contribution in [0.1, 0.15) is 0 Å². The quantitative estimate of drug-likeness (QED) is 0.606. The molecule has 0 amide bonds. The summed E-state index contributed by atoms with van der Waals surface area (Å²) < 4.78 is 4.72. The second-order valence-corrected chi connectivity index (χ2v) is 3.47. The number of hydrazine groups is 1. The largest absolute Gasteiger partial charge is 0.456 e. The Hall–Kier alpha value is -1.68. The Balaban J connectivity index is 1.91. The van der Waals surface area contributed by atoms with Crippen LogP contribution in [0.25, 0.3) is 0 Å². The van der Waals surface area contributed by atoms with E-state index >= 15 is 0 Å². The van der Waals surface area contributed by atoms with Gasteiger partial charge in [0, 0.05) is 11.1 Å². The number of benzene rings is 1. The Kier molecular flexibility index (Phi) is 2.78. The molecule has 2 N–H and O–H groups in total. The summed E-state index contributed by atoms with van der Waals surface area (Å²) in [4.78, 5) is 10.7. The molecule has 1 aliphatic rings. The molecule has 5 heteroatoms. The molecule has 0 saturated heterocycles. The maximum absolute atomic E-state index is 10.7. The highest BCUT2D eigenvalue weighted by molar-refractivity contribution is 6.30. The molecule has 0 atom stereocenters. The minimum atomic E-state index is -0.324. The fraction of sp³-hybridized carbons (Fsp3) is 0.100. The minimum Gasteiger partial charge on any atom is -0.456 e. The molecule has 1 heterocycles. The van der Waals surface area contributed by atoms with Gasteiger partial charge in [-0.1, -0.05) is 11.6 Å². The van der Waals surface area contributed by atoms with Crippen LogP contribution in [-0.2, 0) is 9.53 Å². The van der Waals surface area contributed by atoms with E-state index in [-0.39, 0.29) is 12.6 Å². The lowest BCUT2D eigenvalue weighted by Gasteiger charge is -2.08. The van der Waals surface area contributed by atoms with Gasteiger partial charge in [-0.3, -0.25) is 0 Å². The van der Waals surface area contributed by atoms with Gasteiger partial charge in [0.15, 0.2) is 0 Å². The zero-order valence-corrected chi connectivity index (χ0v) is 8.54. The number of hydrogen-bond acceptors (Lipinski definition) is 4. The van der Waals surface area contributed by atoms with Crippen molar-refractivity contribution in [1.29, 1.82) is 0 Å². The van der Waals surface area contributed by atoms with Gasteiger partial charge in [-0.15, -0.1) is 0 Å². The van der Waals surface area contributed by atoms with Gasteiger partial charge in [-0.2, -0.15) is 0 Å². The van der Waals surface area contributed by atoms with Gasteiger partial charge in [0.05, 0.1) is 11.4 Å². The number of nitrogens with one attached hydrogen (secondary N) is 2. The van der Waals surface area contributed by atoms with Crippen LogP contribution in [0.15, 0.2) is 36.0 Å². The highest BCUT2D eigenvalue weighted by Gasteiger charge is 2.11. The van der Waals surface area contributed by atoms with Crippen LogP contribution in [0.2, 0.25) is 5.02 Å². The Labute approximate surface area is 91.8 Å². The second kappa shape index (κ2) is 4.23. The molecule has 0 aromatic heterocycles. The van der Waals surface area contributed by atoms with Crippen molar-refractivity contribution in [2.24, 2.45) is 0 Å². The van der Waals surface area contributed by atoms with Crippen LogP contribution in [0.5, 0.6) is 0 Å². The molecule has 0 bridgehead atoms. The average Bonchev–Trinajstić information content (AvgIpc) is 2.64. The van der Waals surface area contributed by atoms with Crippen LogP contribution in [0.3, 0.4) is 0 Å². The first-order chi connectivity index (χ1) is 7.24. The number of cyclic esters (lactones) is 1. The minimum absolute atomic E-state index is 0.277. The van der Waals surface area contributed by atoms with E-state index in [9.17, 15) is 4.79 Å². The highest BCUT2D eigenvalue weighted by Crippen LogP contribution is 2.13. The Morgan fingerprint density at radius 2 is 1.93 bits per heavy atom. The van der Waals surface area contributed by atoms with Crippen molar-refractivity contribution in [1.82, 2.24) is 5.43 Å². The molecular formula is C10H9ClN2O2. The molecule has 1 aromatic rings. The molecule has 0 aliphatic carbocycles. The maximum atomic E-state index is 10.7. The predicted molar refractivity (Wildman–Crippen MR) is 57.3 cm³/mol. The van der Waals surface area contributed by atoms with Crippen molar-refractivity contribution < 1.29 is 9.53 Å². The Bertz CT molecular complexity index is 400. The van der Waals surface area contributed by atoms with E-state index in [0.29, 0.717) is 10.7 Å². The molecule has 0 radical (unpaired) electrons. The average molecular weight is 225 g/mol. The van der Waals surface area contributed by atoms with Gasteiger partial charge in [0.1, 0.15) is 6.61 Å². The number of carbonyl (C=O) groups excluding carboxylic acids is 1. The summed E-state index contributed by atoms with van der Waals surface area (Å²) in [6.07, 6.45) is 1.41. The number of rotatable bonds is 3. The van der Waals surface area contributed by atoms with E-state index < -0.39 is 0 Å². The van der Waals surface area contributed by atoms with Crippen molar-refractivity contribution in [3.63, 3.8) is 0 Å². The summed E-state index contributed by atoms with van der Waals surface area (Å²) in [5, 5.41) is 0.680. The van der Waals surface area contributed by atoms with Gasteiger partial charge < -0.3 is 15.6 Å². The van der Waals surface area contributed by atoms with Gasteiger partial charge in [-0.25, -0.2) is 4.79 Å². The molecular weight excluding hydrogens is 216 g/mol. The van der Waals surface area contributed by atoms with E-state index in [2.05, 4.69) is 10.9 Å². The molecule has 1 aliphatic heterocycles. The first-order valence-electron chi connectivity index (χ1n) is 4.39. The Morgan fingerprint density at radius 1 is 1.20 bits per heavy atom. The lowest BCUT2D eigenvalue weighted by atomic mass is 10.3. The van der Waals surface area contributed by atoms with Crippen LogP contribution in [0, 0.1) is 0 Å². The topological polar surface area (TPSA) is 50.4 Å². The molecule has 0 saturated carbocycles. The molecule has 15 heavy (non-hydrogen) atoms. The maximum Gasteiger partial charge on any atom is 0.333 e. The van der Waals surface area contributed by atoms with Crippen molar-refractivity contribution in [2.45, 2.75) is 0 Å². The smallest absolute Gasteiger partial charge is 0.333 e. The lowest BCUT2D eigenvalue weighted by Crippen LogP contribution is -2.21. The molecule has 0 fully saturated rings. The van der Waals surface area contributed by atoms with E-state index in [1.807, 2.05) is 12.1 Å². The summed E-state index contributed by atoms with van der Waals surface area (Å²) in [5.41, 5.74) is 7.36. The molecule has 0 spiro atoms. The third-order valence-electron chi connectivity index (χ3n) is 1.87. The van der Waals surface area contributed by atoms with Crippen LogP contribution in [-0.4, -0.2) is 12.6 Å². The Morgan fingerprint density at radius 3 is 2.53 bits per heavy atom. The van der Waals surface area contributed by atoms with Gasteiger partial charge in [0.25, 0.3) is 0 Å². The zero-order chi connectivity index (χ0) is 10.7. The molecule has 0 unspecified atom stereocenters. The number of ether oxygens (including phenoxy) is 1. The summed E-state index contributed by atoms with van der Waals surface area (Å²) in [6.45, 7) is 0.277. The predicted octanol–water partition coefficient (Wildman–Crippen LogP) is 1.70. The molecule has 78 valence electrons. The molecule has 1 aromatic carbocycles. The summed E-state index contributed by atoms with van der Waals surface area (Å²) in [7, 11) is 0. The van der Waals surface area contributed by atoms with Crippen LogP contribution < -0.4 is 10.9 Å². The molecule has 4 nitrogen and oxygen atoms in total. The SMILES string of the molecule is O=C1C=C(NNc2ccc(Cl)cc2)CO1. The standard InChI is InChI=1S/C10H9ClN2O2/c11-7-1-3-8(4-2-7)12-13-9-5-10(14)15-6-9/h1-5,12-13H,6H2. The summed E-state index contributed by atoms with van der Waals surface area (Å²) in [6, 6.07) is 7.20. The van der Waals surface area contributed by atoms with E-state index in [1.165, 1.54) is 6.08 Å². The summed E-state index contributed by atoms with van der Waals surface area (Å²) in [5.74, 6) is -0.324.